The largest absolute Gasteiger partial charge is 0.380 e. The highest BCUT2D eigenvalue weighted by Gasteiger charge is 2.27. The minimum absolute atomic E-state index is 0.0685. The van der Waals surface area contributed by atoms with Crippen LogP contribution in [0.3, 0.4) is 0 Å². The first kappa shape index (κ1) is 12.0. The summed E-state index contributed by atoms with van der Waals surface area (Å²) in [5.74, 6) is 0.401. The number of hydrogen-bond acceptors (Lipinski definition) is 3. The Balaban J connectivity index is 2.13. The smallest absolute Gasteiger partial charge is 0.152 e. The fraction of sp³-hybridized carbons (Fsp3) is 0.400. The maximum Gasteiger partial charge on any atom is 0.152 e. The second-order valence-electron chi connectivity index (χ2n) is 3.87. The third-order valence-corrected chi connectivity index (χ3v) is 4.85. The molecule has 1 unspecified atom stereocenters. The van der Waals surface area contributed by atoms with Gasteiger partial charge < -0.3 is 5.32 Å². The molecule has 1 aliphatic heterocycles. The molecule has 0 amide bonds. The maximum atomic E-state index is 11.3. The summed E-state index contributed by atoms with van der Waals surface area (Å²) in [5.41, 5.74) is 0.691. The van der Waals surface area contributed by atoms with Gasteiger partial charge in [0.15, 0.2) is 9.84 Å². The van der Waals surface area contributed by atoms with Crippen LogP contribution in [-0.4, -0.2) is 26.0 Å². The Morgan fingerprint density at radius 1 is 1.31 bits per heavy atom. The monoisotopic (exact) mass is 279 g/mol. The summed E-state index contributed by atoms with van der Waals surface area (Å²) >= 11 is 11.8. The molecule has 1 fully saturated rings. The van der Waals surface area contributed by atoms with E-state index in [1.54, 1.807) is 18.2 Å². The summed E-state index contributed by atoms with van der Waals surface area (Å²) < 4.78 is 22.6. The summed E-state index contributed by atoms with van der Waals surface area (Å²) in [6, 6.07) is 5.02. The first-order valence-corrected chi connectivity index (χ1v) is 7.46. The van der Waals surface area contributed by atoms with Crippen molar-refractivity contribution in [2.75, 3.05) is 16.8 Å². The number of benzene rings is 1. The standard InChI is InChI=1S/C10H11Cl2NO2S/c11-7-1-2-9(12)10(5-7)13-8-3-4-16(14,15)6-8/h1-2,5,8,13H,3-4,6H2. The Kier molecular flexibility index (Phi) is 3.33. The van der Waals surface area contributed by atoms with Gasteiger partial charge in [0.2, 0.25) is 0 Å². The van der Waals surface area contributed by atoms with E-state index in [0.29, 0.717) is 22.2 Å². The second-order valence-corrected chi connectivity index (χ2v) is 6.94. The van der Waals surface area contributed by atoms with Gasteiger partial charge in [0.05, 0.1) is 22.2 Å². The molecule has 88 valence electrons. The Morgan fingerprint density at radius 2 is 2.06 bits per heavy atom. The number of nitrogens with one attached hydrogen (secondary N) is 1. The zero-order valence-electron chi connectivity index (χ0n) is 8.41. The molecular weight excluding hydrogens is 269 g/mol. The molecule has 16 heavy (non-hydrogen) atoms. The van der Waals surface area contributed by atoms with Crippen molar-refractivity contribution in [2.45, 2.75) is 12.5 Å². The van der Waals surface area contributed by atoms with Crippen molar-refractivity contribution in [1.82, 2.24) is 0 Å². The van der Waals surface area contributed by atoms with E-state index in [1.807, 2.05) is 0 Å². The van der Waals surface area contributed by atoms with Crippen molar-refractivity contribution in [3.63, 3.8) is 0 Å². The lowest BCUT2D eigenvalue weighted by atomic mass is 10.2. The molecule has 2 rings (SSSR count). The van der Waals surface area contributed by atoms with Gasteiger partial charge in [-0.1, -0.05) is 23.2 Å². The van der Waals surface area contributed by atoms with Crippen LogP contribution >= 0.6 is 23.2 Å². The van der Waals surface area contributed by atoms with Crippen LogP contribution in [0.15, 0.2) is 18.2 Å². The van der Waals surface area contributed by atoms with E-state index in [0.717, 1.165) is 0 Å². The molecule has 0 radical (unpaired) electrons. The van der Waals surface area contributed by atoms with Crippen molar-refractivity contribution in [3.05, 3.63) is 28.2 Å². The summed E-state index contributed by atoms with van der Waals surface area (Å²) in [6.07, 6.45) is 0.616. The summed E-state index contributed by atoms with van der Waals surface area (Å²) in [4.78, 5) is 0. The average Bonchev–Trinajstić information content (AvgIpc) is 2.52. The minimum Gasteiger partial charge on any atom is -0.380 e. The highest BCUT2D eigenvalue weighted by atomic mass is 35.5. The van der Waals surface area contributed by atoms with E-state index >= 15 is 0 Å². The molecule has 0 saturated carbocycles. The van der Waals surface area contributed by atoms with Gasteiger partial charge in [-0.05, 0) is 24.6 Å². The second kappa shape index (κ2) is 4.43. The fourth-order valence-electron chi connectivity index (χ4n) is 1.74. The third-order valence-electron chi connectivity index (χ3n) is 2.52. The number of sulfone groups is 1. The summed E-state index contributed by atoms with van der Waals surface area (Å²) in [6.45, 7) is 0. The van der Waals surface area contributed by atoms with Crippen LogP contribution in [0.5, 0.6) is 0 Å². The van der Waals surface area contributed by atoms with Crippen LogP contribution in [0.25, 0.3) is 0 Å². The zero-order valence-corrected chi connectivity index (χ0v) is 10.7. The maximum absolute atomic E-state index is 11.3. The first-order valence-electron chi connectivity index (χ1n) is 4.88. The van der Waals surface area contributed by atoms with Crippen molar-refractivity contribution < 1.29 is 8.42 Å². The summed E-state index contributed by atoms with van der Waals surface area (Å²) in [7, 11) is -2.88. The number of rotatable bonds is 2. The highest BCUT2D eigenvalue weighted by Crippen LogP contribution is 2.27. The fourth-order valence-corrected chi connectivity index (χ4v) is 3.75. The molecule has 6 heteroatoms. The van der Waals surface area contributed by atoms with Gasteiger partial charge >= 0.3 is 0 Å². The molecule has 1 aromatic rings. The molecule has 0 aliphatic carbocycles. The van der Waals surface area contributed by atoms with Crippen LogP contribution < -0.4 is 5.32 Å². The van der Waals surface area contributed by atoms with Crippen molar-refractivity contribution >= 4 is 38.7 Å². The molecule has 0 spiro atoms. The van der Waals surface area contributed by atoms with Gasteiger partial charge in [0.25, 0.3) is 0 Å². The van der Waals surface area contributed by atoms with Gasteiger partial charge in [-0.3, -0.25) is 0 Å². The predicted octanol–water partition coefficient (Wildman–Crippen LogP) is 2.59. The van der Waals surface area contributed by atoms with E-state index in [-0.39, 0.29) is 17.5 Å². The number of hydrogen-bond donors (Lipinski definition) is 1. The van der Waals surface area contributed by atoms with E-state index in [9.17, 15) is 8.42 Å². The van der Waals surface area contributed by atoms with Gasteiger partial charge in [-0.15, -0.1) is 0 Å². The van der Waals surface area contributed by atoms with E-state index in [1.165, 1.54) is 0 Å². The molecule has 1 heterocycles. The topological polar surface area (TPSA) is 46.2 Å². The quantitative estimate of drug-likeness (QED) is 0.905. The Bertz CT molecular complexity index is 502. The van der Waals surface area contributed by atoms with E-state index in [2.05, 4.69) is 5.32 Å². The highest BCUT2D eigenvalue weighted by molar-refractivity contribution is 7.91. The lowest BCUT2D eigenvalue weighted by Gasteiger charge is -2.13. The van der Waals surface area contributed by atoms with Gasteiger partial charge in [0.1, 0.15) is 0 Å². The van der Waals surface area contributed by atoms with Gasteiger partial charge in [0, 0.05) is 11.1 Å². The van der Waals surface area contributed by atoms with Crippen molar-refractivity contribution in [1.29, 1.82) is 0 Å². The van der Waals surface area contributed by atoms with E-state index in [4.69, 9.17) is 23.2 Å². The lowest BCUT2D eigenvalue weighted by Crippen LogP contribution is -2.20. The predicted molar refractivity (Wildman–Crippen MR) is 67.1 cm³/mol. The van der Waals surface area contributed by atoms with Crippen LogP contribution in [0.1, 0.15) is 6.42 Å². The van der Waals surface area contributed by atoms with Crippen LogP contribution in [0.2, 0.25) is 10.0 Å². The summed E-state index contributed by atoms with van der Waals surface area (Å²) in [5, 5.41) is 4.24. The van der Waals surface area contributed by atoms with E-state index < -0.39 is 9.84 Å². The molecule has 0 aromatic heterocycles. The number of halogens is 2. The molecule has 1 aromatic carbocycles. The normalized spacial score (nSPS) is 23.2. The molecule has 1 aliphatic rings. The molecule has 0 bridgehead atoms. The molecule has 1 N–H and O–H groups in total. The van der Waals surface area contributed by atoms with Gasteiger partial charge in [-0.2, -0.15) is 0 Å². The molecule has 3 nitrogen and oxygen atoms in total. The van der Waals surface area contributed by atoms with Crippen LogP contribution in [-0.2, 0) is 9.84 Å². The average molecular weight is 280 g/mol. The third kappa shape index (κ3) is 2.81. The molecule has 1 saturated heterocycles. The number of anilines is 1. The van der Waals surface area contributed by atoms with Gasteiger partial charge in [-0.25, -0.2) is 8.42 Å². The Morgan fingerprint density at radius 3 is 2.69 bits per heavy atom. The molecular formula is C10H11Cl2NO2S. The van der Waals surface area contributed by atoms with Crippen LogP contribution in [0, 0.1) is 0 Å². The van der Waals surface area contributed by atoms with Crippen molar-refractivity contribution in [3.8, 4) is 0 Å². The zero-order chi connectivity index (χ0) is 11.8. The minimum atomic E-state index is -2.88. The lowest BCUT2D eigenvalue weighted by molar-refractivity contribution is 0.602. The van der Waals surface area contributed by atoms with Crippen molar-refractivity contribution in [2.24, 2.45) is 0 Å². The molecule has 1 atom stereocenters. The van der Waals surface area contributed by atoms with Crippen LogP contribution in [0.4, 0.5) is 5.69 Å². The first-order chi connectivity index (χ1) is 7.46. The Hall–Kier alpha value is -0.450. The SMILES string of the molecule is O=S1(=O)CCC(Nc2cc(Cl)ccc2Cl)C1. The Labute approximate surface area is 105 Å².